The van der Waals surface area contributed by atoms with Crippen molar-refractivity contribution < 1.29 is 14.7 Å². The lowest BCUT2D eigenvalue weighted by Gasteiger charge is -2.28. The van der Waals surface area contributed by atoms with Gasteiger partial charge in [-0.1, -0.05) is 19.8 Å². The van der Waals surface area contributed by atoms with Crippen LogP contribution in [0, 0.1) is 23.2 Å². The van der Waals surface area contributed by atoms with Crippen molar-refractivity contribution in [3.05, 3.63) is 0 Å². The fourth-order valence-corrected chi connectivity index (χ4v) is 2.09. The van der Waals surface area contributed by atoms with Gasteiger partial charge in [0, 0.05) is 13.1 Å². The number of hydrogen-bond acceptors (Lipinski definition) is 2. The molecule has 1 aliphatic heterocycles. The molecule has 1 amide bonds. The molecule has 0 aromatic rings. The molecule has 0 bridgehead atoms. The van der Waals surface area contributed by atoms with Crippen LogP contribution in [-0.2, 0) is 9.59 Å². The molecular weight excluding hydrogens is 206 g/mol. The number of carbonyl (C=O) groups is 2. The Morgan fingerprint density at radius 3 is 2.44 bits per heavy atom. The second-order valence-electron chi connectivity index (χ2n) is 4.47. The molecule has 16 heavy (non-hydrogen) atoms. The van der Waals surface area contributed by atoms with E-state index in [2.05, 4.69) is 11.8 Å². The first kappa shape index (κ1) is 12.6. The minimum atomic E-state index is -0.817. The van der Waals surface area contributed by atoms with E-state index in [0.29, 0.717) is 13.0 Å². The molecule has 1 rings (SSSR count). The van der Waals surface area contributed by atoms with Crippen LogP contribution in [0.15, 0.2) is 0 Å². The molecule has 88 valence electrons. The predicted molar refractivity (Wildman–Crippen MR) is 59.6 cm³/mol. The molecule has 0 aliphatic carbocycles. The summed E-state index contributed by atoms with van der Waals surface area (Å²) in [5, 5.41) is 9.29. The van der Waals surface area contributed by atoms with Gasteiger partial charge in [0.2, 0.25) is 0 Å². The monoisotopic (exact) mass is 223 g/mol. The van der Waals surface area contributed by atoms with Gasteiger partial charge in [0.05, 0.1) is 5.41 Å². The first-order valence-corrected chi connectivity index (χ1v) is 5.39. The summed E-state index contributed by atoms with van der Waals surface area (Å²) >= 11 is 0. The molecule has 1 aliphatic rings. The van der Waals surface area contributed by atoms with Crippen molar-refractivity contribution in [2.75, 3.05) is 13.1 Å². The van der Waals surface area contributed by atoms with Crippen molar-refractivity contribution in [2.24, 2.45) is 11.3 Å². The fourth-order valence-electron chi connectivity index (χ4n) is 2.09. The number of carboxylic acids is 1. The van der Waals surface area contributed by atoms with E-state index < -0.39 is 11.4 Å². The van der Waals surface area contributed by atoms with Crippen LogP contribution < -0.4 is 0 Å². The van der Waals surface area contributed by atoms with E-state index in [1.807, 2.05) is 13.8 Å². The number of carbonyl (C=O) groups excluding carboxylic acids is 1. The van der Waals surface area contributed by atoms with E-state index in [9.17, 15) is 14.7 Å². The molecule has 0 aromatic carbocycles. The Bertz CT molecular complexity index is 364. The second kappa shape index (κ2) is 4.56. The minimum Gasteiger partial charge on any atom is -0.481 e. The first-order valence-electron chi connectivity index (χ1n) is 5.39. The molecule has 1 N–H and O–H groups in total. The van der Waals surface area contributed by atoms with E-state index in [4.69, 9.17) is 0 Å². The average molecular weight is 223 g/mol. The van der Waals surface area contributed by atoms with E-state index in [0.717, 1.165) is 0 Å². The lowest BCUT2D eigenvalue weighted by atomic mass is 9.76. The molecule has 1 unspecified atom stereocenters. The van der Waals surface area contributed by atoms with Crippen LogP contribution in [-0.4, -0.2) is 35.0 Å². The van der Waals surface area contributed by atoms with Crippen LogP contribution in [0.1, 0.15) is 27.2 Å². The summed E-state index contributed by atoms with van der Waals surface area (Å²) in [5.74, 6) is 3.91. The van der Waals surface area contributed by atoms with Gasteiger partial charge in [-0.2, -0.15) is 0 Å². The van der Waals surface area contributed by atoms with Gasteiger partial charge < -0.3 is 10.0 Å². The highest BCUT2D eigenvalue weighted by Gasteiger charge is 2.48. The Labute approximate surface area is 95.6 Å². The number of rotatable bonds is 2. The van der Waals surface area contributed by atoms with Crippen molar-refractivity contribution in [3.63, 3.8) is 0 Å². The standard InChI is InChI=1S/C12H17NO3/c1-4-5-10(14)13-7-6-12(8-13,9(2)3)11(15)16/h9H,6-8H2,1-3H3,(H,15,16). The number of likely N-dealkylation sites (tertiary alicyclic amines) is 1. The number of amides is 1. The highest BCUT2D eigenvalue weighted by atomic mass is 16.4. The number of carboxylic acid groups (broad SMARTS) is 1. The molecule has 1 fully saturated rings. The van der Waals surface area contributed by atoms with Gasteiger partial charge in [-0.05, 0) is 25.2 Å². The lowest BCUT2D eigenvalue weighted by molar-refractivity contribution is -0.151. The Hall–Kier alpha value is -1.50. The van der Waals surface area contributed by atoms with E-state index >= 15 is 0 Å². The van der Waals surface area contributed by atoms with E-state index in [1.165, 1.54) is 4.90 Å². The zero-order chi connectivity index (χ0) is 12.3. The number of hydrogen-bond donors (Lipinski definition) is 1. The molecular formula is C12H17NO3. The second-order valence-corrected chi connectivity index (χ2v) is 4.47. The molecule has 4 nitrogen and oxygen atoms in total. The molecule has 1 atom stereocenters. The van der Waals surface area contributed by atoms with Gasteiger partial charge >= 0.3 is 5.97 Å². The van der Waals surface area contributed by atoms with Crippen LogP contribution in [0.3, 0.4) is 0 Å². The molecule has 4 heteroatoms. The zero-order valence-electron chi connectivity index (χ0n) is 9.91. The molecule has 0 aromatic heterocycles. The SMILES string of the molecule is CC#CC(=O)N1CCC(C(=O)O)(C(C)C)C1. The van der Waals surface area contributed by atoms with Crippen LogP contribution >= 0.6 is 0 Å². The number of nitrogens with zero attached hydrogens (tertiary/aromatic N) is 1. The van der Waals surface area contributed by atoms with Gasteiger partial charge in [-0.25, -0.2) is 0 Å². The Balaban J connectivity index is 2.85. The molecule has 1 heterocycles. The summed E-state index contributed by atoms with van der Waals surface area (Å²) < 4.78 is 0. The van der Waals surface area contributed by atoms with Gasteiger partial charge in [-0.3, -0.25) is 9.59 Å². The Kier molecular flexibility index (Phi) is 3.58. The average Bonchev–Trinajstić information content (AvgIpc) is 2.63. The van der Waals surface area contributed by atoms with Gasteiger partial charge in [0.25, 0.3) is 5.91 Å². The topological polar surface area (TPSA) is 57.6 Å². The van der Waals surface area contributed by atoms with E-state index in [1.54, 1.807) is 6.92 Å². The maximum absolute atomic E-state index is 11.5. The van der Waals surface area contributed by atoms with Crippen molar-refractivity contribution in [1.82, 2.24) is 4.90 Å². The van der Waals surface area contributed by atoms with Gasteiger partial charge in [-0.15, -0.1) is 0 Å². The summed E-state index contributed by atoms with van der Waals surface area (Å²) in [6, 6.07) is 0. The summed E-state index contributed by atoms with van der Waals surface area (Å²) in [6.45, 7) is 6.12. The Morgan fingerprint density at radius 2 is 2.06 bits per heavy atom. The smallest absolute Gasteiger partial charge is 0.311 e. The quantitative estimate of drug-likeness (QED) is 0.710. The third-order valence-corrected chi connectivity index (χ3v) is 3.35. The van der Waals surface area contributed by atoms with Crippen LogP contribution in [0.5, 0.6) is 0 Å². The molecule has 1 saturated heterocycles. The number of aliphatic carboxylic acids is 1. The van der Waals surface area contributed by atoms with E-state index in [-0.39, 0.29) is 18.4 Å². The first-order chi connectivity index (χ1) is 7.44. The van der Waals surface area contributed by atoms with Crippen LogP contribution in [0.4, 0.5) is 0 Å². The normalized spacial score (nSPS) is 24.1. The van der Waals surface area contributed by atoms with Gasteiger partial charge in [0.15, 0.2) is 0 Å². The van der Waals surface area contributed by atoms with Crippen molar-refractivity contribution >= 4 is 11.9 Å². The summed E-state index contributed by atoms with van der Waals surface area (Å²) in [6.07, 6.45) is 0.511. The predicted octanol–water partition coefficient (Wildman–Crippen LogP) is 0.969. The summed E-state index contributed by atoms with van der Waals surface area (Å²) in [4.78, 5) is 24.4. The fraction of sp³-hybridized carbons (Fsp3) is 0.667. The summed E-state index contributed by atoms with van der Waals surface area (Å²) in [7, 11) is 0. The van der Waals surface area contributed by atoms with Crippen molar-refractivity contribution in [2.45, 2.75) is 27.2 Å². The summed E-state index contributed by atoms with van der Waals surface area (Å²) in [5.41, 5.74) is -0.801. The largest absolute Gasteiger partial charge is 0.481 e. The molecule has 0 radical (unpaired) electrons. The lowest BCUT2D eigenvalue weighted by Crippen LogP contribution is -2.40. The minimum absolute atomic E-state index is 0.0115. The zero-order valence-corrected chi connectivity index (χ0v) is 9.91. The van der Waals surface area contributed by atoms with Crippen LogP contribution in [0.2, 0.25) is 0 Å². The van der Waals surface area contributed by atoms with Crippen molar-refractivity contribution in [3.8, 4) is 11.8 Å². The van der Waals surface area contributed by atoms with Gasteiger partial charge in [0.1, 0.15) is 0 Å². The molecule has 0 spiro atoms. The van der Waals surface area contributed by atoms with Crippen LogP contribution in [0.25, 0.3) is 0 Å². The van der Waals surface area contributed by atoms with Crippen molar-refractivity contribution in [1.29, 1.82) is 0 Å². The highest BCUT2D eigenvalue weighted by molar-refractivity contribution is 5.94. The Morgan fingerprint density at radius 1 is 1.44 bits per heavy atom. The highest BCUT2D eigenvalue weighted by Crippen LogP contribution is 2.38. The third-order valence-electron chi connectivity index (χ3n) is 3.35. The maximum atomic E-state index is 11.5. The maximum Gasteiger partial charge on any atom is 0.311 e. The molecule has 0 saturated carbocycles. The third kappa shape index (κ3) is 2.04.